The molecule has 0 saturated heterocycles. The number of amides is 2. The van der Waals surface area contributed by atoms with Crippen LogP contribution in [0.1, 0.15) is 22.3 Å². The summed E-state index contributed by atoms with van der Waals surface area (Å²) in [4.78, 5) is 39.7. The number of benzene rings is 3. The topological polar surface area (TPSA) is 95.9 Å². The van der Waals surface area contributed by atoms with Gasteiger partial charge in [0.2, 0.25) is 5.91 Å². The van der Waals surface area contributed by atoms with Gasteiger partial charge in [-0.05, 0) is 57.0 Å². The van der Waals surface area contributed by atoms with E-state index in [0.29, 0.717) is 0 Å². The fraction of sp³-hybridized carbons (Fsp3) is 0.222. The average molecular weight is 584 g/mol. The summed E-state index contributed by atoms with van der Waals surface area (Å²) < 4.78 is 6.49. The number of carbonyl (C=O) groups excluding carboxylic acids is 2. The summed E-state index contributed by atoms with van der Waals surface area (Å²) in [6.45, 7) is 0.285. The van der Waals surface area contributed by atoms with Gasteiger partial charge >= 0.3 is 12.1 Å². The van der Waals surface area contributed by atoms with Gasteiger partial charge in [0.05, 0.1) is 6.54 Å². The Labute approximate surface area is 217 Å². The first-order valence-electron chi connectivity index (χ1n) is 11.2. The van der Waals surface area contributed by atoms with Crippen molar-refractivity contribution in [2.45, 2.75) is 38.1 Å². The quantitative estimate of drug-likeness (QED) is 0.407. The van der Waals surface area contributed by atoms with E-state index >= 15 is 0 Å². The number of nitrogens with zero attached hydrogens (tertiary/aromatic N) is 1. The number of hydrogen-bond donors (Lipinski definition) is 2. The number of rotatable bonds is 7. The summed E-state index contributed by atoms with van der Waals surface area (Å²) in [5.74, 6) is -1.65. The van der Waals surface area contributed by atoms with Gasteiger partial charge in [0.25, 0.3) is 0 Å². The molecule has 0 radical (unpaired) electrons. The van der Waals surface area contributed by atoms with Crippen molar-refractivity contribution in [3.63, 3.8) is 0 Å². The molecule has 0 fully saturated rings. The zero-order chi connectivity index (χ0) is 24.8. The molecule has 1 heterocycles. The predicted octanol–water partition coefficient (Wildman–Crippen LogP) is 4.17. The molecular formula is C27H25IN2O5. The van der Waals surface area contributed by atoms with Gasteiger partial charge in [-0.2, -0.15) is 0 Å². The molecule has 0 aromatic heterocycles. The Hall–Kier alpha value is -3.40. The highest BCUT2D eigenvalue weighted by Crippen LogP contribution is 2.25. The van der Waals surface area contributed by atoms with Crippen molar-refractivity contribution >= 4 is 40.6 Å². The predicted molar refractivity (Wildman–Crippen MR) is 139 cm³/mol. The fourth-order valence-electron chi connectivity index (χ4n) is 4.12. The lowest BCUT2D eigenvalue weighted by Crippen LogP contribution is -2.56. The van der Waals surface area contributed by atoms with Crippen LogP contribution in [0.2, 0.25) is 0 Å². The van der Waals surface area contributed by atoms with Crippen LogP contribution in [0, 0.1) is 3.57 Å². The van der Waals surface area contributed by atoms with E-state index in [1.165, 1.54) is 4.90 Å². The molecule has 3 aromatic rings. The van der Waals surface area contributed by atoms with Crippen LogP contribution in [-0.4, -0.2) is 40.1 Å². The minimum Gasteiger partial charge on any atom is -0.480 e. The second-order valence-electron chi connectivity index (χ2n) is 8.39. The number of carbonyl (C=O) groups is 3. The van der Waals surface area contributed by atoms with Crippen molar-refractivity contribution in [3.8, 4) is 0 Å². The van der Waals surface area contributed by atoms with E-state index in [0.717, 1.165) is 25.8 Å². The Bertz CT molecular complexity index is 1220. The van der Waals surface area contributed by atoms with Gasteiger partial charge in [0.15, 0.2) is 0 Å². The number of carboxylic acids is 1. The van der Waals surface area contributed by atoms with Gasteiger partial charge in [-0.15, -0.1) is 0 Å². The highest BCUT2D eigenvalue weighted by atomic mass is 127. The fourth-order valence-corrected chi connectivity index (χ4v) is 4.73. The minimum absolute atomic E-state index is 0.0799. The van der Waals surface area contributed by atoms with Crippen LogP contribution in [-0.2, 0) is 40.3 Å². The molecule has 0 aliphatic carbocycles. The maximum Gasteiger partial charge on any atom is 0.411 e. The maximum atomic E-state index is 13.3. The third-order valence-corrected chi connectivity index (χ3v) is 6.61. The smallest absolute Gasteiger partial charge is 0.411 e. The van der Waals surface area contributed by atoms with E-state index in [1.807, 2.05) is 78.9 Å². The van der Waals surface area contributed by atoms with Crippen LogP contribution in [0.3, 0.4) is 0 Å². The molecule has 35 heavy (non-hydrogen) atoms. The number of fused-ring (bicyclic) bond motifs is 1. The molecule has 1 aliphatic rings. The van der Waals surface area contributed by atoms with E-state index in [2.05, 4.69) is 27.9 Å². The van der Waals surface area contributed by atoms with Gasteiger partial charge < -0.3 is 15.2 Å². The van der Waals surface area contributed by atoms with Crippen LogP contribution >= 0.6 is 22.6 Å². The number of halogens is 1. The van der Waals surface area contributed by atoms with E-state index in [9.17, 15) is 19.5 Å². The molecule has 4 rings (SSSR count). The highest BCUT2D eigenvalue weighted by Gasteiger charge is 2.37. The molecule has 7 nitrogen and oxygen atoms in total. The lowest BCUT2D eigenvalue weighted by atomic mass is 9.93. The molecule has 0 saturated carbocycles. The second-order valence-corrected chi connectivity index (χ2v) is 9.64. The van der Waals surface area contributed by atoms with Gasteiger partial charge in [0, 0.05) is 16.4 Å². The molecule has 0 unspecified atom stereocenters. The monoisotopic (exact) mass is 584 g/mol. The molecule has 0 spiro atoms. The van der Waals surface area contributed by atoms with Crippen LogP contribution in [0.4, 0.5) is 4.79 Å². The molecule has 2 amide bonds. The molecule has 0 bridgehead atoms. The van der Waals surface area contributed by atoms with Crippen molar-refractivity contribution in [3.05, 3.63) is 105 Å². The first kappa shape index (κ1) is 24.7. The maximum absolute atomic E-state index is 13.3. The Balaban J connectivity index is 1.52. The number of hydrogen-bond acceptors (Lipinski definition) is 4. The summed E-state index contributed by atoms with van der Waals surface area (Å²) in [5, 5.41) is 12.4. The van der Waals surface area contributed by atoms with Crippen LogP contribution < -0.4 is 5.32 Å². The molecule has 2 atom stereocenters. The number of aliphatic carboxylic acids is 1. The van der Waals surface area contributed by atoms with Crippen LogP contribution in [0.25, 0.3) is 0 Å². The average Bonchev–Trinajstić information content (AvgIpc) is 2.86. The minimum atomic E-state index is -1.13. The first-order chi connectivity index (χ1) is 16.9. The van der Waals surface area contributed by atoms with Crippen molar-refractivity contribution in [2.75, 3.05) is 0 Å². The van der Waals surface area contributed by atoms with E-state index in [1.54, 1.807) is 0 Å². The molecule has 180 valence electrons. The standard InChI is InChI=1S/C27H25IN2O5/c28-22-12-6-9-19(13-22)14-23(26(32)33)29-25(31)24-15-20-10-4-5-11-21(20)16-30(24)27(34)35-17-18-7-2-1-3-8-18/h1-13,23-24H,14-17H2,(H,29,31)(H,32,33)/t23-,24-/m0/s1. The summed E-state index contributed by atoms with van der Waals surface area (Å²) in [5.41, 5.74) is 3.52. The molecule has 2 N–H and O–H groups in total. The van der Waals surface area contributed by atoms with Crippen LogP contribution in [0.15, 0.2) is 78.9 Å². The number of nitrogens with one attached hydrogen (secondary N) is 1. The number of ether oxygens (including phenoxy) is 1. The summed E-state index contributed by atoms with van der Waals surface area (Å²) in [6.07, 6.45) is -0.203. The number of carboxylic acid groups (broad SMARTS) is 1. The van der Waals surface area contributed by atoms with Gasteiger partial charge in [0.1, 0.15) is 18.7 Å². The second kappa shape index (κ2) is 11.4. The van der Waals surface area contributed by atoms with Gasteiger partial charge in [-0.25, -0.2) is 9.59 Å². The lowest BCUT2D eigenvalue weighted by molar-refractivity contribution is -0.142. The molecule has 3 aromatic carbocycles. The van der Waals surface area contributed by atoms with Gasteiger partial charge in [-0.1, -0.05) is 66.7 Å². The Morgan fingerprint density at radius 1 is 0.971 bits per heavy atom. The van der Waals surface area contributed by atoms with E-state index < -0.39 is 30.1 Å². The lowest BCUT2D eigenvalue weighted by Gasteiger charge is -2.35. The zero-order valence-corrected chi connectivity index (χ0v) is 21.1. The van der Waals surface area contributed by atoms with E-state index in [-0.39, 0.29) is 26.0 Å². The third kappa shape index (κ3) is 6.39. The van der Waals surface area contributed by atoms with Crippen molar-refractivity contribution in [2.24, 2.45) is 0 Å². The zero-order valence-electron chi connectivity index (χ0n) is 18.9. The van der Waals surface area contributed by atoms with Crippen molar-refractivity contribution in [1.29, 1.82) is 0 Å². The van der Waals surface area contributed by atoms with Gasteiger partial charge in [-0.3, -0.25) is 9.69 Å². The van der Waals surface area contributed by atoms with Crippen LogP contribution in [0.5, 0.6) is 0 Å². The van der Waals surface area contributed by atoms with Crippen molar-refractivity contribution in [1.82, 2.24) is 10.2 Å². The SMILES string of the molecule is O=C(O)[C@H](Cc1cccc(I)c1)NC(=O)[C@@H]1Cc2ccccc2CN1C(=O)OCc1ccccc1. The Morgan fingerprint density at radius 2 is 1.66 bits per heavy atom. The summed E-state index contributed by atoms with van der Waals surface area (Å²) in [7, 11) is 0. The Morgan fingerprint density at radius 3 is 2.37 bits per heavy atom. The van der Waals surface area contributed by atoms with E-state index in [4.69, 9.17) is 4.74 Å². The Kier molecular flexibility index (Phi) is 8.02. The highest BCUT2D eigenvalue weighted by molar-refractivity contribution is 14.1. The summed E-state index contributed by atoms with van der Waals surface area (Å²) in [6, 6.07) is 22.4. The molecule has 1 aliphatic heterocycles. The normalized spacial score (nSPS) is 15.6. The molecular weight excluding hydrogens is 559 g/mol. The first-order valence-corrected chi connectivity index (χ1v) is 12.3. The van der Waals surface area contributed by atoms with Crippen molar-refractivity contribution < 1.29 is 24.2 Å². The largest absolute Gasteiger partial charge is 0.480 e. The summed E-state index contributed by atoms with van der Waals surface area (Å²) >= 11 is 2.16. The third-order valence-electron chi connectivity index (χ3n) is 5.93. The molecule has 8 heteroatoms.